The van der Waals surface area contributed by atoms with Gasteiger partial charge in [-0.2, -0.15) is 24.4 Å². The number of thioether (sulfide) groups is 1. The average molecular weight is 424 g/mol. The Morgan fingerprint density at radius 2 is 1.71 bits per heavy atom. The second kappa shape index (κ2) is 16.3. The number of hydrogen-bond acceptors (Lipinski definition) is 6. The van der Waals surface area contributed by atoms with Crippen molar-refractivity contribution in [2.24, 2.45) is 5.73 Å². The normalized spacial score (nSPS) is 9.39. The van der Waals surface area contributed by atoms with Crippen LogP contribution in [0.5, 0.6) is 5.75 Å². The van der Waals surface area contributed by atoms with Gasteiger partial charge in [0.05, 0.1) is 12.7 Å². The second-order valence-corrected chi connectivity index (χ2v) is 6.55. The Morgan fingerprint density at radius 1 is 1.07 bits per heavy atom. The van der Waals surface area contributed by atoms with Gasteiger partial charge in [-0.15, -0.1) is 0 Å². The SMILES string of the molecule is CC.CN.COC(=O)c1ccc(OCc2ccccc2)c(CCS)c1CSC. The number of carbonyl (C=O) groups is 1. The zero-order valence-corrected chi connectivity index (χ0v) is 19.2. The predicted molar refractivity (Wildman–Crippen MR) is 125 cm³/mol. The summed E-state index contributed by atoms with van der Waals surface area (Å²) < 4.78 is 11.0. The van der Waals surface area contributed by atoms with Crippen molar-refractivity contribution in [1.82, 2.24) is 0 Å². The van der Waals surface area contributed by atoms with Crippen molar-refractivity contribution < 1.29 is 14.3 Å². The molecular formula is C22H33NO3S2. The molecule has 0 fully saturated rings. The summed E-state index contributed by atoms with van der Waals surface area (Å²) in [5, 5.41) is 0. The molecule has 28 heavy (non-hydrogen) atoms. The molecule has 0 aliphatic heterocycles. The minimum absolute atomic E-state index is 0.311. The lowest BCUT2D eigenvalue weighted by atomic mass is 9.99. The van der Waals surface area contributed by atoms with E-state index in [-0.39, 0.29) is 5.97 Å². The Labute approximate surface area is 179 Å². The van der Waals surface area contributed by atoms with Gasteiger partial charge < -0.3 is 15.2 Å². The van der Waals surface area contributed by atoms with Crippen LogP contribution in [0, 0.1) is 0 Å². The number of hydrogen-bond donors (Lipinski definition) is 2. The van der Waals surface area contributed by atoms with Crippen molar-refractivity contribution >= 4 is 30.4 Å². The Kier molecular flexibility index (Phi) is 15.4. The highest BCUT2D eigenvalue weighted by atomic mass is 32.2. The quantitative estimate of drug-likeness (QED) is 0.463. The first-order valence-electron chi connectivity index (χ1n) is 9.28. The zero-order chi connectivity index (χ0) is 21.4. The molecule has 0 bridgehead atoms. The van der Waals surface area contributed by atoms with Gasteiger partial charge in [0.25, 0.3) is 0 Å². The fourth-order valence-corrected chi connectivity index (χ4v) is 3.38. The Morgan fingerprint density at radius 3 is 2.25 bits per heavy atom. The fraction of sp³-hybridized carbons (Fsp3) is 0.409. The molecule has 0 atom stereocenters. The molecule has 0 aliphatic carbocycles. The number of ether oxygens (including phenoxy) is 2. The van der Waals surface area contributed by atoms with Crippen LogP contribution in [-0.4, -0.2) is 32.1 Å². The van der Waals surface area contributed by atoms with Crippen molar-refractivity contribution in [2.45, 2.75) is 32.6 Å². The average Bonchev–Trinajstić information content (AvgIpc) is 2.77. The standard InChI is InChI=1S/C19H22O3S2.C2H6.CH5N/c1-21-19(20)16-8-9-18(15(10-11-23)17(16)13-24-2)22-12-14-6-4-3-5-7-14;2*1-2/h3-9,23H,10-13H2,1-2H3;1-2H3;2H2,1H3. The summed E-state index contributed by atoms with van der Waals surface area (Å²) in [6.45, 7) is 4.50. The van der Waals surface area contributed by atoms with E-state index in [1.165, 1.54) is 14.2 Å². The van der Waals surface area contributed by atoms with Gasteiger partial charge >= 0.3 is 5.97 Å². The van der Waals surface area contributed by atoms with E-state index in [0.717, 1.165) is 34.6 Å². The molecule has 2 aromatic rings. The molecule has 2 rings (SSSR count). The van der Waals surface area contributed by atoms with Gasteiger partial charge in [0.2, 0.25) is 0 Å². The molecule has 4 nitrogen and oxygen atoms in total. The summed E-state index contributed by atoms with van der Waals surface area (Å²) in [4.78, 5) is 12.1. The van der Waals surface area contributed by atoms with Crippen molar-refractivity contribution in [3.05, 3.63) is 64.7 Å². The van der Waals surface area contributed by atoms with E-state index in [1.54, 1.807) is 17.8 Å². The number of nitrogens with two attached hydrogens (primary N) is 1. The zero-order valence-electron chi connectivity index (χ0n) is 17.5. The predicted octanol–water partition coefficient (Wildman–Crippen LogP) is 4.99. The van der Waals surface area contributed by atoms with Crippen molar-refractivity contribution in [3.8, 4) is 5.75 Å². The van der Waals surface area contributed by atoms with Gasteiger partial charge in [0.15, 0.2) is 0 Å². The molecule has 156 valence electrons. The van der Waals surface area contributed by atoms with Crippen LogP contribution in [0.3, 0.4) is 0 Å². The molecule has 0 unspecified atom stereocenters. The number of thiol groups is 1. The minimum atomic E-state index is -0.311. The highest BCUT2D eigenvalue weighted by Crippen LogP contribution is 2.30. The largest absolute Gasteiger partial charge is 0.489 e. The number of benzene rings is 2. The molecule has 0 aromatic heterocycles. The van der Waals surface area contributed by atoms with Gasteiger partial charge in [0, 0.05) is 5.75 Å². The lowest BCUT2D eigenvalue weighted by Crippen LogP contribution is -2.10. The molecule has 0 saturated carbocycles. The first-order chi connectivity index (χ1) is 13.7. The second-order valence-electron chi connectivity index (χ2n) is 5.24. The number of methoxy groups -OCH3 is 1. The van der Waals surface area contributed by atoms with Crippen LogP contribution in [0.25, 0.3) is 0 Å². The third-order valence-electron chi connectivity index (χ3n) is 3.68. The summed E-state index contributed by atoms with van der Waals surface area (Å²) in [7, 11) is 2.91. The van der Waals surface area contributed by atoms with Gasteiger partial charge in [0.1, 0.15) is 12.4 Å². The molecule has 0 spiro atoms. The third kappa shape index (κ3) is 8.17. The van der Waals surface area contributed by atoms with E-state index in [0.29, 0.717) is 17.9 Å². The Hall–Kier alpha value is -1.63. The lowest BCUT2D eigenvalue weighted by Gasteiger charge is -2.18. The van der Waals surface area contributed by atoms with Crippen molar-refractivity contribution in [1.29, 1.82) is 0 Å². The van der Waals surface area contributed by atoms with Crippen LogP contribution in [0.4, 0.5) is 0 Å². The molecule has 0 heterocycles. The number of esters is 1. The third-order valence-corrected chi connectivity index (χ3v) is 4.48. The highest BCUT2D eigenvalue weighted by molar-refractivity contribution is 7.97. The van der Waals surface area contributed by atoms with E-state index in [4.69, 9.17) is 9.47 Å². The van der Waals surface area contributed by atoms with Crippen LogP contribution in [0.2, 0.25) is 0 Å². The first-order valence-corrected chi connectivity index (χ1v) is 11.3. The van der Waals surface area contributed by atoms with E-state index in [9.17, 15) is 4.79 Å². The van der Waals surface area contributed by atoms with E-state index in [1.807, 2.05) is 56.5 Å². The summed E-state index contributed by atoms with van der Waals surface area (Å²) in [6.07, 6.45) is 2.76. The molecule has 6 heteroatoms. The lowest BCUT2D eigenvalue weighted by molar-refractivity contribution is 0.0599. The summed E-state index contributed by atoms with van der Waals surface area (Å²) in [5.74, 6) is 1.92. The van der Waals surface area contributed by atoms with Crippen LogP contribution in [-0.2, 0) is 23.5 Å². The van der Waals surface area contributed by atoms with E-state index >= 15 is 0 Å². The Bertz CT molecular complexity index is 679. The summed E-state index contributed by atoms with van der Waals surface area (Å²) in [6, 6.07) is 13.7. The number of carbonyl (C=O) groups excluding carboxylic acids is 1. The van der Waals surface area contributed by atoms with Crippen LogP contribution >= 0.6 is 24.4 Å². The topological polar surface area (TPSA) is 61.5 Å². The minimum Gasteiger partial charge on any atom is -0.489 e. The highest BCUT2D eigenvalue weighted by Gasteiger charge is 2.19. The monoisotopic (exact) mass is 423 g/mol. The molecule has 2 aromatic carbocycles. The fourth-order valence-electron chi connectivity index (χ4n) is 2.54. The summed E-state index contributed by atoms with van der Waals surface area (Å²) >= 11 is 6.03. The van der Waals surface area contributed by atoms with Gasteiger partial charge in [-0.1, -0.05) is 44.2 Å². The van der Waals surface area contributed by atoms with Crippen molar-refractivity contribution in [3.63, 3.8) is 0 Å². The summed E-state index contributed by atoms with van der Waals surface area (Å²) in [5.41, 5.74) is 8.24. The molecule has 0 saturated heterocycles. The molecule has 2 N–H and O–H groups in total. The Balaban J connectivity index is 0.00000171. The maximum atomic E-state index is 12.1. The molecule has 0 radical (unpaired) electrons. The van der Waals surface area contributed by atoms with Gasteiger partial charge in [-0.25, -0.2) is 4.79 Å². The maximum Gasteiger partial charge on any atom is 0.338 e. The maximum absolute atomic E-state index is 12.1. The smallest absolute Gasteiger partial charge is 0.338 e. The van der Waals surface area contributed by atoms with Gasteiger partial charge in [-0.3, -0.25) is 0 Å². The van der Waals surface area contributed by atoms with E-state index in [2.05, 4.69) is 18.4 Å². The van der Waals surface area contributed by atoms with E-state index < -0.39 is 0 Å². The van der Waals surface area contributed by atoms with Crippen LogP contribution in [0.15, 0.2) is 42.5 Å². The van der Waals surface area contributed by atoms with Crippen molar-refractivity contribution in [2.75, 3.05) is 26.2 Å². The molecule has 0 aliphatic rings. The molecular weight excluding hydrogens is 390 g/mol. The van der Waals surface area contributed by atoms with Gasteiger partial charge in [-0.05, 0) is 54.3 Å². The van der Waals surface area contributed by atoms with Crippen LogP contribution < -0.4 is 10.5 Å². The van der Waals surface area contributed by atoms with Crippen LogP contribution in [0.1, 0.15) is 40.9 Å². The molecule has 0 amide bonds. The number of rotatable bonds is 8. The first kappa shape index (κ1) is 26.4.